The summed E-state index contributed by atoms with van der Waals surface area (Å²) < 4.78 is 0. The van der Waals surface area contributed by atoms with Crippen molar-refractivity contribution in [3.63, 3.8) is 0 Å². The van der Waals surface area contributed by atoms with Crippen LogP contribution in [0, 0.1) is 0 Å². The quantitative estimate of drug-likeness (QED) is 0.269. The Balaban J connectivity index is 1.99. The molecule has 0 atom stereocenters. The maximum Gasteiger partial charge on any atom is 0.180 e. The summed E-state index contributed by atoms with van der Waals surface area (Å²) in [5, 5.41) is 23.0. The van der Waals surface area contributed by atoms with Crippen LogP contribution in [0.5, 0.6) is 11.5 Å². The highest BCUT2D eigenvalue weighted by Crippen LogP contribution is 2.38. The maximum atomic E-state index is 11.3. The van der Waals surface area contributed by atoms with E-state index in [0.29, 0.717) is 22.8 Å². The van der Waals surface area contributed by atoms with E-state index in [-0.39, 0.29) is 33.0 Å². The largest absolute Gasteiger partial charge is 0.508 e. The fourth-order valence-electron chi connectivity index (χ4n) is 2.25. The van der Waals surface area contributed by atoms with Gasteiger partial charge < -0.3 is 21.3 Å². The lowest BCUT2D eigenvalue weighted by Gasteiger charge is -2.13. The summed E-state index contributed by atoms with van der Waals surface area (Å²) in [6.07, 6.45) is 4.09. The fraction of sp³-hybridized carbons (Fsp3) is 0. The number of carbonyl (C=O) groups excluding carboxylic acids is 1. The van der Waals surface area contributed by atoms with Crippen molar-refractivity contribution in [1.82, 2.24) is 0 Å². The van der Waals surface area contributed by atoms with E-state index in [4.69, 9.17) is 28.9 Å². The Bertz CT molecular complexity index is 997. The Hall–Kier alpha value is -2.96. The van der Waals surface area contributed by atoms with Crippen molar-refractivity contribution < 1.29 is 15.0 Å². The minimum absolute atomic E-state index is 0.0224. The lowest BCUT2D eigenvalue weighted by Crippen LogP contribution is -2.04. The molecule has 0 saturated carbocycles. The van der Waals surface area contributed by atoms with Crippen molar-refractivity contribution in [3.05, 3.63) is 58.6 Å². The molecule has 6 nitrogen and oxygen atoms in total. The number of phenolic OH excluding ortho intramolecular Hbond substituents is 2. The topological polar surface area (TPSA) is 108 Å². The number of ketones is 1. The predicted octanol–water partition coefficient (Wildman–Crippen LogP) is 4.41. The Morgan fingerprint density at radius 2 is 1.81 bits per heavy atom. The summed E-state index contributed by atoms with van der Waals surface area (Å²) in [6.45, 7) is 0. The van der Waals surface area contributed by atoms with Crippen molar-refractivity contribution in [2.24, 2.45) is 4.99 Å². The second kappa shape index (κ2) is 7.11. The first-order valence-electron chi connectivity index (χ1n) is 7.40. The van der Waals surface area contributed by atoms with Crippen molar-refractivity contribution in [2.75, 3.05) is 11.1 Å². The van der Waals surface area contributed by atoms with Crippen molar-refractivity contribution >= 4 is 57.4 Å². The number of nitrogens with zero attached hydrogens (tertiary/aromatic N) is 1. The second-order valence-corrected chi connectivity index (χ2v) is 6.26. The lowest BCUT2D eigenvalue weighted by molar-refractivity contribution is -0.110. The van der Waals surface area contributed by atoms with Crippen LogP contribution >= 0.6 is 23.2 Å². The molecule has 0 fully saturated rings. The van der Waals surface area contributed by atoms with E-state index in [9.17, 15) is 15.0 Å². The van der Waals surface area contributed by atoms with Crippen LogP contribution in [0.1, 0.15) is 0 Å². The van der Waals surface area contributed by atoms with Crippen LogP contribution in [0.15, 0.2) is 58.6 Å². The molecule has 1 aliphatic rings. The number of phenols is 2. The Morgan fingerprint density at radius 1 is 1.04 bits per heavy atom. The van der Waals surface area contributed by atoms with Gasteiger partial charge in [-0.25, -0.2) is 4.99 Å². The third-order valence-electron chi connectivity index (χ3n) is 3.53. The third-order valence-corrected chi connectivity index (χ3v) is 4.14. The molecule has 1 aliphatic carbocycles. The van der Waals surface area contributed by atoms with Gasteiger partial charge in [0.05, 0.1) is 38.5 Å². The Morgan fingerprint density at radius 3 is 2.50 bits per heavy atom. The average Bonchev–Trinajstić information content (AvgIpc) is 2.56. The number of aromatic hydroxyl groups is 2. The molecule has 0 saturated heterocycles. The standard InChI is InChI=1S/C18H13Cl2N3O3/c19-11-5-9(24)1-3-14(11)22-16-8-17(18(26)7-13(16)21)23-15-4-2-10(25)6-12(15)20/h1-8,23,25-26H,21H2. The number of nitrogen functional groups attached to an aromatic ring is 1. The minimum Gasteiger partial charge on any atom is -0.508 e. The molecule has 0 unspecified atom stereocenters. The van der Waals surface area contributed by atoms with E-state index < -0.39 is 0 Å². The molecule has 0 spiro atoms. The van der Waals surface area contributed by atoms with E-state index in [2.05, 4.69) is 10.3 Å². The molecule has 2 aromatic carbocycles. The van der Waals surface area contributed by atoms with Gasteiger partial charge in [0, 0.05) is 18.2 Å². The summed E-state index contributed by atoms with van der Waals surface area (Å²) in [5.41, 5.74) is 7.65. The number of rotatable bonds is 3. The zero-order chi connectivity index (χ0) is 18.8. The molecule has 0 aromatic heterocycles. The zero-order valence-corrected chi connectivity index (χ0v) is 14.7. The van der Waals surface area contributed by atoms with Gasteiger partial charge >= 0.3 is 0 Å². The van der Waals surface area contributed by atoms with Gasteiger partial charge in [-0.3, -0.25) is 4.79 Å². The van der Waals surface area contributed by atoms with Crippen molar-refractivity contribution in [3.8, 4) is 11.5 Å². The fourth-order valence-corrected chi connectivity index (χ4v) is 2.68. The number of hydrogen-bond acceptors (Lipinski definition) is 6. The van der Waals surface area contributed by atoms with Gasteiger partial charge in [-0.15, -0.1) is 0 Å². The van der Waals surface area contributed by atoms with Gasteiger partial charge in [-0.05, 0) is 30.4 Å². The molecular formula is C18H13Cl2N3O3. The molecule has 5 N–H and O–H groups in total. The highest BCUT2D eigenvalue weighted by atomic mass is 35.5. The Labute approximate surface area is 158 Å². The van der Waals surface area contributed by atoms with E-state index in [1.54, 1.807) is 6.07 Å². The van der Waals surface area contributed by atoms with Gasteiger partial charge in [0.1, 0.15) is 11.5 Å². The van der Waals surface area contributed by atoms with Gasteiger partial charge in [0.2, 0.25) is 0 Å². The Kier molecular flexibility index (Phi) is 4.88. The predicted molar refractivity (Wildman–Crippen MR) is 104 cm³/mol. The highest BCUT2D eigenvalue weighted by molar-refractivity contribution is 6.48. The number of aliphatic imine (C=N–C) groups is 1. The smallest absolute Gasteiger partial charge is 0.180 e. The normalized spacial score (nSPS) is 15.2. The molecule has 3 rings (SSSR count). The average molecular weight is 390 g/mol. The van der Waals surface area contributed by atoms with Crippen LogP contribution < -0.4 is 11.1 Å². The zero-order valence-electron chi connectivity index (χ0n) is 13.2. The molecule has 0 aliphatic heterocycles. The molecule has 26 heavy (non-hydrogen) atoms. The van der Waals surface area contributed by atoms with E-state index in [0.717, 1.165) is 0 Å². The summed E-state index contributed by atoms with van der Waals surface area (Å²) in [6, 6.07) is 7.25. The van der Waals surface area contributed by atoms with Crippen LogP contribution in [-0.4, -0.2) is 21.7 Å². The van der Waals surface area contributed by atoms with Crippen LogP contribution in [0.3, 0.4) is 0 Å². The molecular weight excluding hydrogens is 377 g/mol. The maximum absolute atomic E-state index is 11.3. The van der Waals surface area contributed by atoms with E-state index >= 15 is 0 Å². The summed E-state index contributed by atoms with van der Waals surface area (Å²) in [4.78, 5) is 15.6. The monoisotopic (exact) mass is 389 g/mol. The van der Waals surface area contributed by atoms with E-state index in [1.807, 2.05) is 0 Å². The third kappa shape index (κ3) is 3.82. The number of anilines is 3. The number of nitrogens with one attached hydrogen (secondary N) is 1. The number of hydrogen-bond donors (Lipinski definition) is 4. The lowest BCUT2D eigenvalue weighted by atomic mass is 10.1. The summed E-state index contributed by atoms with van der Waals surface area (Å²) in [7, 11) is 0. The van der Waals surface area contributed by atoms with Crippen LogP contribution in [0.4, 0.5) is 22.7 Å². The number of allylic oxidation sites excluding steroid dienone is 4. The van der Waals surface area contributed by atoms with Gasteiger partial charge in [0.15, 0.2) is 5.78 Å². The van der Waals surface area contributed by atoms with Crippen molar-refractivity contribution in [2.45, 2.75) is 0 Å². The molecule has 0 bridgehead atoms. The minimum atomic E-state index is -0.225. The van der Waals surface area contributed by atoms with Crippen molar-refractivity contribution in [1.29, 1.82) is 0 Å². The number of halogens is 2. The van der Waals surface area contributed by atoms with Gasteiger partial charge in [-0.1, -0.05) is 23.2 Å². The summed E-state index contributed by atoms with van der Waals surface area (Å²) >= 11 is 12.1. The molecule has 2 aromatic rings. The second-order valence-electron chi connectivity index (χ2n) is 5.44. The van der Waals surface area contributed by atoms with Gasteiger partial charge in [-0.2, -0.15) is 0 Å². The summed E-state index contributed by atoms with van der Waals surface area (Å²) in [5.74, 6) is -0.308. The van der Waals surface area contributed by atoms with E-state index in [1.165, 1.54) is 42.5 Å². The molecule has 132 valence electrons. The molecule has 0 radical (unpaired) electrons. The molecule has 8 heteroatoms. The van der Waals surface area contributed by atoms with Crippen LogP contribution in [-0.2, 0) is 4.79 Å². The first-order valence-corrected chi connectivity index (χ1v) is 8.15. The van der Waals surface area contributed by atoms with Crippen LogP contribution in [0.2, 0.25) is 5.02 Å². The first-order chi connectivity index (χ1) is 12.3. The van der Waals surface area contributed by atoms with Gasteiger partial charge in [0.25, 0.3) is 0 Å². The number of benzene rings is 2. The first kappa shape index (κ1) is 17.8. The molecule has 0 heterocycles. The number of nitrogens with two attached hydrogens (primary N) is 1. The van der Waals surface area contributed by atoms with Crippen LogP contribution in [0.25, 0.3) is 0 Å². The SMILES string of the molecule is Nc1cc(O)c(Nc2ccc(O)cc2Cl)cc1N=C1C=CC(=O)C=C1Cl. The number of carbonyl (C=O) groups is 1. The molecule has 0 amide bonds. The highest BCUT2D eigenvalue weighted by Gasteiger charge is 2.13.